The number of carbonyl (C=O) groups is 1. The zero-order valence-electron chi connectivity index (χ0n) is 23.8. The Kier molecular flexibility index (Phi) is 7.11. The number of ether oxygens (including phenoxy) is 1. The fraction of sp³-hybridized carbons (Fsp3) is 0.433. The van der Waals surface area contributed by atoms with Gasteiger partial charge in [0.2, 0.25) is 15.9 Å². The monoisotopic (exact) mass is 577 g/mol. The zero-order valence-corrected chi connectivity index (χ0v) is 24.6. The Morgan fingerprint density at radius 1 is 1.10 bits per heavy atom. The highest BCUT2D eigenvalue weighted by Gasteiger charge is 2.39. The Bertz CT molecular complexity index is 1690. The van der Waals surface area contributed by atoms with Crippen LogP contribution >= 0.6 is 0 Å². The number of hydrogen-bond donors (Lipinski definition) is 0. The van der Waals surface area contributed by atoms with E-state index in [0.29, 0.717) is 39.0 Å². The fourth-order valence-corrected chi connectivity index (χ4v) is 7.06. The molecule has 2 fully saturated rings. The maximum absolute atomic E-state index is 13.3. The number of anilines is 1. The Balaban J connectivity index is 1.45. The smallest absolute Gasteiger partial charge is 0.227 e. The van der Waals surface area contributed by atoms with Crippen molar-refractivity contribution in [2.45, 2.75) is 58.5 Å². The van der Waals surface area contributed by atoms with Gasteiger partial charge < -0.3 is 18.7 Å². The molecule has 2 aromatic heterocycles. The van der Waals surface area contributed by atoms with Crippen LogP contribution in [0, 0.1) is 13.8 Å². The molecule has 2 unspecified atom stereocenters. The largest absolute Gasteiger partial charge is 0.494 e. The van der Waals surface area contributed by atoms with E-state index >= 15 is 0 Å². The van der Waals surface area contributed by atoms with Gasteiger partial charge in [-0.25, -0.2) is 17.7 Å². The summed E-state index contributed by atoms with van der Waals surface area (Å²) in [6.45, 7) is 7.32. The Morgan fingerprint density at radius 2 is 1.88 bits per heavy atom. The first-order chi connectivity index (χ1) is 19.7. The van der Waals surface area contributed by atoms with Gasteiger partial charge in [-0.1, -0.05) is 18.1 Å². The molecular weight excluding hydrogens is 542 g/mol. The zero-order chi connectivity index (χ0) is 28.9. The van der Waals surface area contributed by atoms with E-state index in [4.69, 9.17) is 14.2 Å². The van der Waals surface area contributed by atoms with E-state index in [1.54, 1.807) is 0 Å². The Morgan fingerprint density at radius 3 is 2.54 bits per heavy atom. The number of benzene rings is 2. The molecule has 4 heterocycles. The van der Waals surface area contributed by atoms with Crippen molar-refractivity contribution < 1.29 is 22.5 Å². The molecule has 10 nitrogen and oxygen atoms in total. The summed E-state index contributed by atoms with van der Waals surface area (Å²) < 4.78 is 39.6. The van der Waals surface area contributed by atoms with E-state index < -0.39 is 10.0 Å². The molecule has 4 aromatic rings. The van der Waals surface area contributed by atoms with Crippen molar-refractivity contribution >= 4 is 32.7 Å². The van der Waals surface area contributed by atoms with Crippen molar-refractivity contribution in [2.75, 3.05) is 30.9 Å². The molecule has 2 aliphatic heterocycles. The van der Waals surface area contributed by atoms with E-state index in [1.807, 2.05) is 61.2 Å². The SMILES string of the molecule is CCCOc1ccc(N2C(=O)CCC2c2nc3cc(-c4c(C)noc4C)ccc3n2C2CCN(S(C)(=O)=O)C2)cc1. The number of sulfonamides is 1. The van der Waals surface area contributed by atoms with Crippen molar-refractivity contribution in [1.82, 2.24) is 19.0 Å². The predicted octanol–water partition coefficient (Wildman–Crippen LogP) is 5.17. The van der Waals surface area contributed by atoms with Crippen LogP contribution in [0.1, 0.15) is 62.0 Å². The molecule has 2 saturated heterocycles. The van der Waals surface area contributed by atoms with Gasteiger partial charge in [0.05, 0.1) is 41.7 Å². The topological polar surface area (TPSA) is 111 Å². The molecule has 2 atom stereocenters. The lowest BCUT2D eigenvalue weighted by Crippen LogP contribution is -2.31. The quantitative estimate of drug-likeness (QED) is 0.284. The summed E-state index contributed by atoms with van der Waals surface area (Å²) in [6, 6.07) is 13.4. The highest BCUT2D eigenvalue weighted by Crippen LogP contribution is 2.41. The molecule has 0 saturated carbocycles. The van der Waals surface area contributed by atoms with Crippen LogP contribution in [0.5, 0.6) is 5.75 Å². The highest BCUT2D eigenvalue weighted by molar-refractivity contribution is 7.88. The molecule has 0 bridgehead atoms. The van der Waals surface area contributed by atoms with Crippen LogP contribution in [-0.2, 0) is 14.8 Å². The van der Waals surface area contributed by atoms with Gasteiger partial charge in [-0.15, -0.1) is 0 Å². The van der Waals surface area contributed by atoms with Crippen LogP contribution in [0.2, 0.25) is 0 Å². The third kappa shape index (κ3) is 5.01. The van der Waals surface area contributed by atoms with Crippen LogP contribution < -0.4 is 9.64 Å². The second-order valence-electron chi connectivity index (χ2n) is 11.0. The van der Waals surface area contributed by atoms with Crippen molar-refractivity contribution in [3.8, 4) is 16.9 Å². The minimum absolute atomic E-state index is 0.0384. The van der Waals surface area contributed by atoms with Crippen molar-refractivity contribution in [2.24, 2.45) is 0 Å². The molecule has 0 radical (unpaired) electrons. The van der Waals surface area contributed by atoms with Gasteiger partial charge in [-0.2, -0.15) is 0 Å². The summed E-state index contributed by atoms with van der Waals surface area (Å²) in [4.78, 5) is 20.3. The van der Waals surface area contributed by atoms with Gasteiger partial charge >= 0.3 is 0 Å². The average Bonchev–Trinajstić information content (AvgIpc) is 3.72. The lowest BCUT2D eigenvalue weighted by atomic mass is 10.0. The maximum Gasteiger partial charge on any atom is 0.227 e. The van der Waals surface area contributed by atoms with E-state index in [0.717, 1.165) is 57.3 Å². The fourth-order valence-electron chi connectivity index (χ4n) is 6.18. The van der Waals surface area contributed by atoms with Crippen LogP contribution in [0.4, 0.5) is 5.69 Å². The minimum atomic E-state index is -3.33. The molecular formula is C30H35N5O5S. The number of fused-ring (bicyclic) bond motifs is 1. The van der Waals surface area contributed by atoms with Gasteiger partial charge in [0.25, 0.3) is 0 Å². The van der Waals surface area contributed by atoms with Crippen molar-refractivity contribution in [3.63, 3.8) is 0 Å². The van der Waals surface area contributed by atoms with Crippen molar-refractivity contribution in [3.05, 3.63) is 59.7 Å². The molecule has 0 aliphatic carbocycles. The molecule has 1 amide bonds. The predicted molar refractivity (Wildman–Crippen MR) is 156 cm³/mol. The van der Waals surface area contributed by atoms with E-state index in [2.05, 4.69) is 16.6 Å². The van der Waals surface area contributed by atoms with Gasteiger partial charge in [-0.05, 0) is 75.1 Å². The normalized spacial score (nSPS) is 20.0. The summed E-state index contributed by atoms with van der Waals surface area (Å²) in [5.41, 5.74) is 5.20. The number of aryl methyl sites for hydroxylation is 2. The third-order valence-electron chi connectivity index (χ3n) is 8.10. The van der Waals surface area contributed by atoms with Gasteiger partial charge in [0.1, 0.15) is 17.3 Å². The molecule has 216 valence electrons. The maximum atomic E-state index is 13.3. The summed E-state index contributed by atoms with van der Waals surface area (Å²) in [6.07, 6.45) is 3.87. The van der Waals surface area contributed by atoms with E-state index in [1.165, 1.54) is 10.6 Å². The Labute approximate surface area is 239 Å². The number of aromatic nitrogens is 3. The molecule has 2 aliphatic rings. The number of nitrogens with zero attached hydrogens (tertiary/aromatic N) is 5. The van der Waals surface area contributed by atoms with Crippen LogP contribution in [0.15, 0.2) is 47.0 Å². The lowest BCUT2D eigenvalue weighted by molar-refractivity contribution is -0.117. The molecule has 41 heavy (non-hydrogen) atoms. The number of rotatable bonds is 8. The third-order valence-corrected chi connectivity index (χ3v) is 9.37. The Hall–Kier alpha value is -3.70. The standard InChI is InChI=1S/C30H35N5O5S/c1-5-16-39-24-9-7-22(8-10-24)34-27(12-13-28(34)36)30-31-25-17-21(29-19(2)32-40-20(29)3)6-11-26(25)35(30)23-14-15-33(18-23)41(4,37)38/h6-11,17,23,27H,5,12-16,18H2,1-4H3. The minimum Gasteiger partial charge on any atom is -0.494 e. The summed E-state index contributed by atoms with van der Waals surface area (Å²) in [5, 5.41) is 4.11. The van der Waals surface area contributed by atoms with Crippen LogP contribution in [0.3, 0.4) is 0 Å². The lowest BCUT2D eigenvalue weighted by Gasteiger charge is -2.27. The first kappa shape index (κ1) is 27.5. The highest BCUT2D eigenvalue weighted by atomic mass is 32.2. The molecule has 0 spiro atoms. The first-order valence-electron chi connectivity index (χ1n) is 14.1. The van der Waals surface area contributed by atoms with Crippen LogP contribution in [0.25, 0.3) is 22.2 Å². The van der Waals surface area contributed by atoms with Gasteiger partial charge in [0.15, 0.2) is 0 Å². The number of hydrogen-bond acceptors (Lipinski definition) is 7. The summed E-state index contributed by atoms with van der Waals surface area (Å²) in [5.74, 6) is 2.31. The molecule has 2 aromatic carbocycles. The van der Waals surface area contributed by atoms with E-state index in [-0.39, 0.29) is 18.0 Å². The summed E-state index contributed by atoms with van der Waals surface area (Å²) in [7, 11) is -3.33. The second-order valence-corrected chi connectivity index (χ2v) is 12.9. The van der Waals surface area contributed by atoms with Gasteiger partial charge in [-0.3, -0.25) is 4.79 Å². The van der Waals surface area contributed by atoms with Crippen LogP contribution in [-0.4, -0.2) is 59.3 Å². The number of imidazole rings is 1. The average molecular weight is 578 g/mol. The molecule has 0 N–H and O–H groups in total. The first-order valence-corrected chi connectivity index (χ1v) is 16.0. The van der Waals surface area contributed by atoms with E-state index in [9.17, 15) is 13.2 Å². The molecule has 6 rings (SSSR count). The summed E-state index contributed by atoms with van der Waals surface area (Å²) >= 11 is 0. The number of carbonyl (C=O) groups excluding carboxylic acids is 1. The van der Waals surface area contributed by atoms with Gasteiger partial charge in [0, 0.05) is 30.8 Å². The van der Waals surface area contributed by atoms with Crippen molar-refractivity contribution in [1.29, 1.82) is 0 Å². The molecule has 11 heteroatoms. The second kappa shape index (κ2) is 10.6. The number of amides is 1.